The van der Waals surface area contributed by atoms with Gasteiger partial charge in [0.1, 0.15) is 24.3 Å². The summed E-state index contributed by atoms with van der Waals surface area (Å²) in [4.78, 5) is 12.5. The van der Waals surface area contributed by atoms with Crippen molar-refractivity contribution in [2.45, 2.75) is 38.8 Å². The number of aliphatic hydroxyl groups is 1. The van der Waals surface area contributed by atoms with Crippen molar-refractivity contribution in [2.75, 3.05) is 57.9 Å². The number of rotatable bonds is 9. The van der Waals surface area contributed by atoms with Gasteiger partial charge < -0.3 is 30.1 Å². The minimum atomic E-state index is -0.560. The van der Waals surface area contributed by atoms with Crippen molar-refractivity contribution >= 4 is 5.82 Å². The van der Waals surface area contributed by atoms with Gasteiger partial charge in [0, 0.05) is 62.3 Å². The molecule has 1 aromatic carbocycles. The highest BCUT2D eigenvalue weighted by Crippen LogP contribution is 2.30. The van der Waals surface area contributed by atoms with E-state index >= 15 is 0 Å². The van der Waals surface area contributed by atoms with E-state index in [9.17, 15) is 5.11 Å². The van der Waals surface area contributed by atoms with E-state index in [0.29, 0.717) is 24.3 Å². The van der Waals surface area contributed by atoms with E-state index in [-0.39, 0.29) is 6.61 Å². The van der Waals surface area contributed by atoms with Gasteiger partial charge in [-0.2, -0.15) is 0 Å². The van der Waals surface area contributed by atoms with E-state index in [4.69, 9.17) is 19.4 Å². The Morgan fingerprint density at radius 2 is 2.24 bits per heavy atom. The van der Waals surface area contributed by atoms with Crippen LogP contribution in [0.1, 0.15) is 24.6 Å². The normalized spacial score (nSPS) is 21.9. The molecule has 1 aromatic heterocycles. The minimum Gasteiger partial charge on any atom is -0.491 e. The van der Waals surface area contributed by atoms with E-state index in [1.165, 1.54) is 5.56 Å². The second kappa shape index (κ2) is 11.2. The molecule has 2 aromatic rings. The summed E-state index contributed by atoms with van der Waals surface area (Å²) < 4.78 is 11.5. The van der Waals surface area contributed by atoms with E-state index in [2.05, 4.69) is 29.4 Å². The number of aromatic nitrogens is 2. The maximum Gasteiger partial charge on any atom is 0.161 e. The molecule has 0 amide bonds. The lowest BCUT2D eigenvalue weighted by Crippen LogP contribution is -2.50. The first kappa shape index (κ1) is 23.9. The van der Waals surface area contributed by atoms with Gasteiger partial charge in [-0.15, -0.1) is 0 Å². The number of anilines is 1. The second-order valence-corrected chi connectivity index (χ2v) is 9.17. The van der Waals surface area contributed by atoms with Gasteiger partial charge in [-0.05, 0) is 51.8 Å². The fraction of sp³-hybridized carbons (Fsp3) is 0.600. The molecule has 2 aliphatic rings. The van der Waals surface area contributed by atoms with Crippen LogP contribution in [0.15, 0.2) is 24.3 Å². The van der Waals surface area contributed by atoms with E-state index < -0.39 is 6.10 Å². The number of nitrogens with one attached hydrogen (secondary N) is 2. The molecule has 0 spiro atoms. The number of piperazine rings is 1. The molecule has 0 saturated carbocycles. The molecular formula is C25H37N5O3. The molecule has 2 aliphatic heterocycles. The summed E-state index contributed by atoms with van der Waals surface area (Å²) >= 11 is 0. The molecule has 2 saturated heterocycles. The van der Waals surface area contributed by atoms with E-state index in [0.717, 1.165) is 68.6 Å². The Labute approximate surface area is 196 Å². The molecule has 0 radical (unpaired) electrons. The van der Waals surface area contributed by atoms with Crippen molar-refractivity contribution in [1.29, 1.82) is 0 Å². The number of hydrogen-bond donors (Lipinski definition) is 3. The van der Waals surface area contributed by atoms with Crippen molar-refractivity contribution in [3.8, 4) is 17.1 Å². The Hall–Kier alpha value is -2.26. The van der Waals surface area contributed by atoms with Crippen LogP contribution >= 0.6 is 0 Å². The van der Waals surface area contributed by atoms with Crippen LogP contribution in [0, 0.1) is 12.8 Å². The third-order valence-corrected chi connectivity index (χ3v) is 6.47. The summed E-state index contributed by atoms with van der Waals surface area (Å²) in [7, 11) is 1.81. The highest BCUT2D eigenvalue weighted by molar-refractivity contribution is 5.62. The van der Waals surface area contributed by atoms with Gasteiger partial charge in [0.2, 0.25) is 0 Å². The van der Waals surface area contributed by atoms with Gasteiger partial charge >= 0.3 is 0 Å². The highest BCUT2D eigenvalue weighted by atomic mass is 16.5. The monoisotopic (exact) mass is 455 g/mol. The van der Waals surface area contributed by atoms with Gasteiger partial charge in [0.25, 0.3) is 0 Å². The van der Waals surface area contributed by atoms with Crippen LogP contribution in [0.3, 0.4) is 0 Å². The van der Waals surface area contributed by atoms with E-state index in [1.54, 1.807) is 0 Å². The Morgan fingerprint density at radius 1 is 1.36 bits per heavy atom. The first-order valence-electron chi connectivity index (χ1n) is 12.0. The zero-order valence-corrected chi connectivity index (χ0v) is 20.0. The van der Waals surface area contributed by atoms with Crippen LogP contribution in [0.4, 0.5) is 5.82 Å². The molecule has 3 N–H and O–H groups in total. The summed E-state index contributed by atoms with van der Waals surface area (Å²) in [6.45, 7) is 9.58. The van der Waals surface area contributed by atoms with Gasteiger partial charge in [0.15, 0.2) is 5.82 Å². The minimum absolute atomic E-state index is 0.232. The standard InChI is InChI=1S/C25H37N5O3/c1-17-13-27-8-9-30(17)25-18(2)23(11-19-7-10-32-15-19)28-24(29-25)20-5-4-6-22(12-20)33-16-21(31)14-26-3/h4-6,12,17,19,21,26-27,31H,7-11,13-16H2,1-3H3/t17-,19+,21?/m1/s1. The first-order valence-corrected chi connectivity index (χ1v) is 12.0. The third kappa shape index (κ3) is 6.00. The molecule has 1 unspecified atom stereocenters. The number of likely N-dealkylation sites (N-methyl/N-ethyl adjacent to an activating group) is 1. The fourth-order valence-corrected chi connectivity index (χ4v) is 4.54. The molecule has 3 heterocycles. The largest absolute Gasteiger partial charge is 0.491 e. The fourth-order valence-electron chi connectivity index (χ4n) is 4.54. The SMILES string of the molecule is CNCC(O)COc1cccc(-c2nc(C[C@@H]3CCOC3)c(C)c(N3CCNC[C@H]3C)n2)c1. The Kier molecular flexibility index (Phi) is 8.14. The summed E-state index contributed by atoms with van der Waals surface area (Å²) in [5.74, 6) is 2.95. The topological polar surface area (TPSA) is 91.8 Å². The summed E-state index contributed by atoms with van der Waals surface area (Å²) in [6.07, 6.45) is 1.42. The predicted octanol–water partition coefficient (Wildman–Crippen LogP) is 1.79. The van der Waals surface area contributed by atoms with E-state index in [1.807, 2.05) is 31.3 Å². The smallest absolute Gasteiger partial charge is 0.161 e. The molecule has 8 heteroatoms. The van der Waals surface area contributed by atoms with Crippen LogP contribution in [0.2, 0.25) is 0 Å². The van der Waals surface area contributed by atoms with Gasteiger partial charge in [0.05, 0.1) is 0 Å². The number of hydrogen-bond acceptors (Lipinski definition) is 8. The van der Waals surface area contributed by atoms with Crippen LogP contribution in [-0.2, 0) is 11.2 Å². The van der Waals surface area contributed by atoms with Crippen molar-refractivity contribution in [2.24, 2.45) is 5.92 Å². The van der Waals surface area contributed by atoms with Crippen LogP contribution in [0.5, 0.6) is 5.75 Å². The lowest BCUT2D eigenvalue weighted by Gasteiger charge is -2.36. The quantitative estimate of drug-likeness (QED) is 0.527. The van der Waals surface area contributed by atoms with Gasteiger partial charge in [-0.25, -0.2) is 9.97 Å². The van der Waals surface area contributed by atoms with Gasteiger partial charge in [-0.1, -0.05) is 12.1 Å². The van der Waals surface area contributed by atoms with Crippen molar-refractivity contribution < 1.29 is 14.6 Å². The Balaban J connectivity index is 1.65. The maximum absolute atomic E-state index is 9.97. The summed E-state index contributed by atoms with van der Waals surface area (Å²) in [5, 5.41) is 16.4. The number of aliphatic hydroxyl groups excluding tert-OH is 1. The lowest BCUT2D eigenvalue weighted by molar-refractivity contribution is 0.108. The first-order chi connectivity index (χ1) is 16.0. The molecule has 8 nitrogen and oxygen atoms in total. The summed E-state index contributed by atoms with van der Waals surface area (Å²) in [6, 6.07) is 8.21. The molecule has 2 fully saturated rings. The Morgan fingerprint density at radius 3 is 3.00 bits per heavy atom. The van der Waals surface area contributed by atoms with Crippen molar-refractivity contribution in [3.63, 3.8) is 0 Å². The van der Waals surface area contributed by atoms with Gasteiger partial charge in [-0.3, -0.25) is 0 Å². The molecule has 0 aliphatic carbocycles. The van der Waals surface area contributed by atoms with Crippen molar-refractivity contribution in [3.05, 3.63) is 35.5 Å². The Bertz CT molecular complexity index is 919. The van der Waals surface area contributed by atoms with Crippen molar-refractivity contribution in [1.82, 2.24) is 20.6 Å². The molecule has 3 atom stereocenters. The third-order valence-electron chi connectivity index (χ3n) is 6.47. The average molecular weight is 456 g/mol. The molecular weight excluding hydrogens is 418 g/mol. The number of ether oxygens (including phenoxy) is 2. The molecule has 4 rings (SSSR count). The molecule has 180 valence electrons. The van der Waals surface area contributed by atoms with Crippen LogP contribution < -0.4 is 20.3 Å². The van der Waals surface area contributed by atoms with Crippen LogP contribution in [-0.4, -0.2) is 80.3 Å². The highest BCUT2D eigenvalue weighted by Gasteiger charge is 2.26. The van der Waals surface area contributed by atoms with Crippen LogP contribution in [0.25, 0.3) is 11.4 Å². The zero-order chi connectivity index (χ0) is 23.2. The number of benzene rings is 1. The lowest BCUT2D eigenvalue weighted by atomic mass is 9.99. The maximum atomic E-state index is 9.97. The molecule has 33 heavy (non-hydrogen) atoms. The predicted molar refractivity (Wildman–Crippen MR) is 130 cm³/mol. The number of nitrogens with zero attached hydrogens (tertiary/aromatic N) is 3. The summed E-state index contributed by atoms with van der Waals surface area (Å²) in [5.41, 5.74) is 3.19. The molecule has 0 bridgehead atoms. The zero-order valence-electron chi connectivity index (χ0n) is 20.0. The second-order valence-electron chi connectivity index (χ2n) is 9.17. The average Bonchev–Trinajstić information content (AvgIpc) is 3.33.